The fraction of sp³-hybridized carbons (Fsp3) is 0.654. The highest BCUT2D eigenvalue weighted by atomic mass is 19.4. The topological polar surface area (TPSA) is 52.0 Å². The number of halogens is 6. The number of ketones is 1. The normalized spacial score (nSPS) is 17.2. The molecule has 1 fully saturated rings. The molecule has 0 bridgehead atoms. The van der Waals surface area contributed by atoms with Gasteiger partial charge in [-0.2, -0.15) is 26.3 Å². The van der Waals surface area contributed by atoms with Crippen LogP contribution in [0.2, 0.25) is 0 Å². The first kappa shape index (κ1) is 29.8. The minimum Gasteiger partial charge on any atom is -0.300 e. The van der Waals surface area contributed by atoms with Crippen LogP contribution in [0.1, 0.15) is 83.0 Å². The van der Waals surface area contributed by atoms with E-state index in [0.29, 0.717) is 12.8 Å². The summed E-state index contributed by atoms with van der Waals surface area (Å²) in [6.45, 7) is 4.90. The van der Waals surface area contributed by atoms with E-state index in [2.05, 4.69) is 37.1 Å². The number of carbonyl (C=O) groups excluding carboxylic acids is 1. The van der Waals surface area contributed by atoms with Crippen LogP contribution in [0.5, 0.6) is 0 Å². The van der Waals surface area contributed by atoms with Crippen molar-refractivity contribution < 1.29 is 31.1 Å². The number of nitrogens with zero attached hydrogens (tertiary/aromatic N) is 2. The van der Waals surface area contributed by atoms with Gasteiger partial charge >= 0.3 is 12.4 Å². The zero-order chi connectivity index (χ0) is 27.1. The number of Topliss-reactive ketones (excluding diaryl/α,β-unsaturated/α-hetero) is 1. The summed E-state index contributed by atoms with van der Waals surface area (Å²) in [5, 5.41) is 0. The van der Waals surface area contributed by atoms with Crippen LogP contribution >= 0.6 is 0 Å². The van der Waals surface area contributed by atoms with Crippen LogP contribution in [0.15, 0.2) is 34.9 Å². The third-order valence-corrected chi connectivity index (χ3v) is 6.56. The number of hydrogen-bond acceptors (Lipinski definition) is 3. The van der Waals surface area contributed by atoms with Crippen molar-refractivity contribution in [1.29, 1.82) is 0 Å². The molecule has 0 radical (unpaired) electrons. The zero-order valence-electron chi connectivity index (χ0n) is 20.9. The Kier molecular flexibility index (Phi) is 10.5. The van der Waals surface area contributed by atoms with E-state index < -0.39 is 30.5 Å². The maximum Gasteiger partial charge on any atom is 0.400 e. The molecule has 2 aliphatic carbocycles. The molecular formula is C26H34F6N2O2. The molecular weight excluding hydrogens is 486 g/mol. The summed E-state index contributed by atoms with van der Waals surface area (Å²) in [5.74, 6) is -4.09. The van der Waals surface area contributed by atoms with Crippen molar-refractivity contribution in [3.63, 3.8) is 0 Å². The van der Waals surface area contributed by atoms with Gasteiger partial charge in [-0.3, -0.25) is 9.36 Å². The van der Waals surface area contributed by atoms with Crippen LogP contribution in [0.25, 0.3) is 0 Å². The van der Waals surface area contributed by atoms with Crippen LogP contribution in [0.3, 0.4) is 0 Å². The van der Waals surface area contributed by atoms with Crippen molar-refractivity contribution in [2.75, 3.05) is 0 Å². The summed E-state index contributed by atoms with van der Waals surface area (Å²) >= 11 is 0. The van der Waals surface area contributed by atoms with Crippen molar-refractivity contribution in [1.82, 2.24) is 9.55 Å². The van der Waals surface area contributed by atoms with Crippen LogP contribution in [0.4, 0.5) is 26.3 Å². The molecule has 202 valence electrons. The summed E-state index contributed by atoms with van der Waals surface area (Å²) in [5.41, 5.74) is 3.42. The molecule has 1 aromatic heterocycles. The number of rotatable bonds is 8. The molecule has 36 heavy (non-hydrogen) atoms. The standard InChI is InChI=1S/C20H28N2O.C6H6F6O/c1-3-9-17-18(4-2)21-14-22(20(17)23)19(16-12-8-13-16)15-10-6-5-7-11-15;1-3(13)2-4(5(7,8)9)6(10,11)12/h6,10-11,14,16,19H,3-5,7-9,12-13H2,1-2H3;4H,2H2,1H3. The minimum absolute atomic E-state index is 0.182. The Balaban J connectivity index is 0.000000302. The van der Waals surface area contributed by atoms with Crippen LogP contribution in [0, 0.1) is 11.8 Å². The van der Waals surface area contributed by atoms with Gasteiger partial charge in [0.25, 0.3) is 5.56 Å². The molecule has 0 N–H and O–H groups in total. The SMILES string of the molecule is CC(=O)CC(C(F)(F)F)C(F)(F)F.CCCc1c(CC)ncn(C(C2=CCCC=C2)C2CCC2)c1=O. The van der Waals surface area contributed by atoms with E-state index in [1.807, 2.05) is 10.9 Å². The molecule has 1 heterocycles. The lowest BCUT2D eigenvalue weighted by Crippen LogP contribution is -2.37. The summed E-state index contributed by atoms with van der Waals surface area (Å²) < 4.78 is 72.2. The van der Waals surface area contributed by atoms with E-state index in [1.54, 1.807) is 0 Å². The molecule has 2 aliphatic rings. The molecule has 0 amide bonds. The van der Waals surface area contributed by atoms with Gasteiger partial charge in [-0.1, -0.05) is 44.9 Å². The molecule has 3 rings (SSSR count). The summed E-state index contributed by atoms with van der Waals surface area (Å²) in [7, 11) is 0. The largest absolute Gasteiger partial charge is 0.400 e. The summed E-state index contributed by atoms with van der Waals surface area (Å²) in [4.78, 5) is 27.9. The van der Waals surface area contributed by atoms with Gasteiger partial charge in [-0.05, 0) is 56.9 Å². The Morgan fingerprint density at radius 2 is 1.75 bits per heavy atom. The van der Waals surface area contributed by atoms with Crippen LogP contribution in [-0.2, 0) is 17.6 Å². The second kappa shape index (κ2) is 12.7. The Labute approximate surface area is 207 Å². The van der Waals surface area contributed by atoms with E-state index in [9.17, 15) is 35.9 Å². The minimum atomic E-state index is -5.41. The van der Waals surface area contributed by atoms with Crippen LogP contribution in [-0.4, -0.2) is 27.7 Å². The number of aromatic nitrogens is 2. The molecule has 0 aliphatic heterocycles. The maximum atomic E-state index is 13.1. The number of hydrogen-bond donors (Lipinski definition) is 0. The lowest BCUT2D eigenvalue weighted by Gasteiger charge is -2.36. The highest BCUT2D eigenvalue weighted by Crippen LogP contribution is 2.42. The molecule has 0 spiro atoms. The number of aryl methyl sites for hydroxylation is 1. The number of allylic oxidation sites excluding steroid dienone is 4. The van der Waals surface area contributed by atoms with Gasteiger partial charge in [0.05, 0.1) is 18.1 Å². The number of carbonyl (C=O) groups is 1. The van der Waals surface area contributed by atoms with Crippen molar-refractivity contribution in [2.24, 2.45) is 11.8 Å². The lowest BCUT2D eigenvalue weighted by atomic mass is 9.76. The van der Waals surface area contributed by atoms with Crippen molar-refractivity contribution in [2.45, 2.75) is 97.0 Å². The monoisotopic (exact) mass is 520 g/mol. The molecule has 4 nitrogen and oxygen atoms in total. The summed E-state index contributed by atoms with van der Waals surface area (Å²) in [6, 6.07) is 0.182. The van der Waals surface area contributed by atoms with Crippen molar-refractivity contribution in [3.8, 4) is 0 Å². The second-order valence-corrected chi connectivity index (χ2v) is 9.35. The molecule has 10 heteroatoms. The Morgan fingerprint density at radius 3 is 2.14 bits per heavy atom. The first-order valence-electron chi connectivity index (χ1n) is 12.4. The van der Waals surface area contributed by atoms with E-state index >= 15 is 0 Å². The quantitative estimate of drug-likeness (QED) is 0.344. The van der Waals surface area contributed by atoms with Gasteiger partial charge in [0, 0.05) is 12.0 Å². The Morgan fingerprint density at radius 1 is 1.11 bits per heavy atom. The van der Waals surface area contributed by atoms with Crippen molar-refractivity contribution in [3.05, 3.63) is 51.7 Å². The van der Waals surface area contributed by atoms with E-state index in [0.717, 1.165) is 43.4 Å². The molecule has 1 aromatic rings. The van der Waals surface area contributed by atoms with E-state index in [-0.39, 0.29) is 11.6 Å². The van der Waals surface area contributed by atoms with Crippen molar-refractivity contribution >= 4 is 5.78 Å². The number of alkyl halides is 6. The first-order valence-corrected chi connectivity index (χ1v) is 12.4. The van der Waals surface area contributed by atoms with Gasteiger partial charge in [0.2, 0.25) is 0 Å². The predicted molar refractivity (Wildman–Crippen MR) is 126 cm³/mol. The summed E-state index contributed by atoms with van der Waals surface area (Å²) in [6.07, 6.45) is 4.83. The maximum absolute atomic E-state index is 13.1. The lowest BCUT2D eigenvalue weighted by molar-refractivity contribution is -0.283. The van der Waals surface area contributed by atoms with E-state index in [1.165, 1.54) is 24.8 Å². The smallest absolute Gasteiger partial charge is 0.300 e. The van der Waals surface area contributed by atoms with Crippen LogP contribution < -0.4 is 5.56 Å². The Bertz CT molecular complexity index is 989. The van der Waals surface area contributed by atoms with Gasteiger partial charge in [0.1, 0.15) is 5.78 Å². The highest BCUT2D eigenvalue weighted by Gasteiger charge is 2.56. The zero-order valence-corrected chi connectivity index (χ0v) is 20.9. The van der Waals surface area contributed by atoms with E-state index in [4.69, 9.17) is 0 Å². The predicted octanol–water partition coefficient (Wildman–Crippen LogP) is 7.08. The molecule has 1 saturated carbocycles. The molecule has 0 saturated heterocycles. The molecule has 0 aromatic carbocycles. The fourth-order valence-corrected chi connectivity index (χ4v) is 4.52. The van der Waals surface area contributed by atoms with Gasteiger partial charge in [-0.25, -0.2) is 4.98 Å². The Hall–Kier alpha value is -2.39. The third kappa shape index (κ3) is 7.80. The average Bonchev–Trinajstić information content (AvgIpc) is 2.76. The van der Waals surface area contributed by atoms with Gasteiger partial charge in [-0.15, -0.1) is 0 Å². The molecule has 1 atom stereocenters. The van der Waals surface area contributed by atoms with Gasteiger partial charge in [0.15, 0.2) is 5.92 Å². The fourth-order valence-electron chi connectivity index (χ4n) is 4.52. The highest BCUT2D eigenvalue weighted by molar-refractivity contribution is 5.75. The molecule has 1 unspecified atom stereocenters. The first-order chi connectivity index (χ1) is 16.8. The van der Waals surface area contributed by atoms with Gasteiger partial charge < -0.3 is 4.79 Å². The second-order valence-electron chi connectivity index (χ2n) is 9.35. The average molecular weight is 521 g/mol. The third-order valence-electron chi connectivity index (χ3n) is 6.56.